The highest BCUT2D eigenvalue weighted by Gasteiger charge is 2.19. The van der Waals surface area contributed by atoms with Crippen LogP contribution in [0.2, 0.25) is 0 Å². The van der Waals surface area contributed by atoms with Crippen LogP contribution in [0.5, 0.6) is 0 Å². The van der Waals surface area contributed by atoms with Gasteiger partial charge in [0.2, 0.25) is 0 Å². The molecule has 0 heterocycles. The van der Waals surface area contributed by atoms with Crippen LogP contribution < -0.4 is 16.2 Å². The third-order valence-corrected chi connectivity index (χ3v) is 1.97. The van der Waals surface area contributed by atoms with E-state index >= 15 is 0 Å². The SMILES string of the molecule is CCNC(=O)NNC(=O)c1ccccc1[N+](=O)[O-]. The molecule has 0 atom stereocenters. The highest BCUT2D eigenvalue weighted by molar-refractivity contribution is 5.98. The van der Waals surface area contributed by atoms with E-state index in [1.807, 2.05) is 0 Å². The van der Waals surface area contributed by atoms with Gasteiger partial charge in [0.15, 0.2) is 0 Å². The van der Waals surface area contributed by atoms with E-state index in [1.54, 1.807) is 6.92 Å². The summed E-state index contributed by atoms with van der Waals surface area (Å²) in [6.07, 6.45) is 0. The summed E-state index contributed by atoms with van der Waals surface area (Å²) in [7, 11) is 0. The quantitative estimate of drug-likeness (QED) is 0.538. The molecule has 8 nitrogen and oxygen atoms in total. The summed E-state index contributed by atoms with van der Waals surface area (Å²) in [6, 6.07) is 4.86. The lowest BCUT2D eigenvalue weighted by Crippen LogP contribution is -2.46. The first-order chi connectivity index (χ1) is 8.56. The van der Waals surface area contributed by atoms with E-state index in [4.69, 9.17) is 0 Å². The molecule has 0 bridgehead atoms. The van der Waals surface area contributed by atoms with E-state index in [-0.39, 0.29) is 11.3 Å². The number of nitro benzene ring substituents is 1. The summed E-state index contributed by atoms with van der Waals surface area (Å²) >= 11 is 0. The molecule has 0 aliphatic carbocycles. The van der Waals surface area contributed by atoms with Crippen molar-refractivity contribution >= 4 is 17.6 Å². The highest BCUT2D eigenvalue weighted by Crippen LogP contribution is 2.16. The van der Waals surface area contributed by atoms with Crippen molar-refractivity contribution in [2.24, 2.45) is 0 Å². The fourth-order valence-corrected chi connectivity index (χ4v) is 1.21. The monoisotopic (exact) mass is 252 g/mol. The Morgan fingerprint density at radius 2 is 1.94 bits per heavy atom. The van der Waals surface area contributed by atoms with Gasteiger partial charge in [0.05, 0.1) is 4.92 Å². The smallest absolute Gasteiger partial charge is 0.333 e. The van der Waals surface area contributed by atoms with E-state index in [0.29, 0.717) is 6.54 Å². The fraction of sp³-hybridized carbons (Fsp3) is 0.200. The number of para-hydroxylation sites is 1. The van der Waals surface area contributed by atoms with Gasteiger partial charge >= 0.3 is 6.03 Å². The minimum Gasteiger partial charge on any atom is -0.337 e. The molecule has 3 amide bonds. The van der Waals surface area contributed by atoms with Gasteiger partial charge in [-0.05, 0) is 13.0 Å². The second-order valence-corrected chi connectivity index (χ2v) is 3.21. The number of benzene rings is 1. The average Bonchev–Trinajstić information content (AvgIpc) is 2.36. The largest absolute Gasteiger partial charge is 0.337 e. The van der Waals surface area contributed by atoms with Gasteiger partial charge < -0.3 is 5.32 Å². The summed E-state index contributed by atoms with van der Waals surface area (Å²) in [4.78, 5) is 32.7. The average molecular weight is 252 g/mol. The van der Waals surface area contributed by atoms with Crippen LogP contribution in [0.3, 0.4) is 0 Å². The molecule has 0 aliphatic rings. The van der Waals surface area contributed by atoms with Gasteiger partial charge in [-0.25, -0.2) is 10.2 Å². The Morgan fingerprint density at radius 1 is 1.28 bits per heavy atom. The second kappa shape index (κ2) is 6.18. The predicted molar refractivity (Wildman–Crippen MR) is 62.8 cm³/mol. The molecule has 1 rings (SSSR count). The molecule has 0 radical (unpaired) electrons. The molecular formula is C10H12N4O4. The molecule has 0 aliphatic heterocycles. The standard InChI is InChI=1S/C10H12N4O4/c1-2-11-10(16)13-12-9(15)7-5-3-4-6-8(7)14(17)18/h3-6H,2H2,1H3,(H,12,15)(H2,11,13,16). The summed E-state index contributed by atoms with van der Waals surface area (Å²) in [6.45, 7) is 2.11. The fourth-order valence-electron chi connectivity index (χ4n) is 1.21. The third kappa shape index (κ3) is 3.44. The number of hydrogen-bond acceptors (Lipinski definition) is 4. The maximum absolute atomic E-state index is 11.6. The molecule has 3 N–H and O–H groups in total. The zero-order valence-electron chi connectivity index (χ0n) is 9.60. The first-order valence-corrected chi connectivity index (χ1v) is 5.14. The van der Waals surface area contributed by atoms with E-state index in [1.165, 1.54) is 24.3 Å². The van der Waals surface area contributed by atoms with Crippen LogP contribution in [0.1, 0.15) is 17.3 Å². The molecule has 0 spiro atoms. The van der Waals surface area contributed by atoms with Crippen molar-refractivity contribution in [1.82, 2.24) is 16.2 Å². The zero-order chi connectivity index (χ0) is 13.5. The van der Waals surface area contributed by atoms with Gasteiger partial charge in [-0.1, -0.05) is 12.1 Å². The minimum atomic E-state index is -0.756. The number of hydrazine groups is 1. The van der Waals surface area contributed by atoms with Crippen LogP contribution in [0.4, 0.5) is 10.5 Å². The number of carbonyl (C=O) groups excluding carboxylic acids is 2. The van der Waals surface area contributed by atoms with Crippen molar-refractivity contribution in [1.29, 1.82) is 0 Å². The number of urea groups is 1. The lowest BCUT2D eigenvalue weighted by atomic mass is 10.2. The van der Waals surface area contributed by atoms with Crippen LogP contribution in [0.25, 0.3) is 0 Å². The Kier molecular flexibility index (Phi) is 4.61. The predicted octanol–water partition coefficient (Wildman–Crippen LogP) is 0.559. The highest BCUT2D eigenvalue weighted by atomic mass is 16.6. The summed E-state index contributed by atoms with van der Waals surface area (Å²) < 4.78 is 0. The zero-order valence-corrected chi connectivity index (χ0v) is 9.60. The number of amides is 3. The molecular weight excluding hydrogens is 240 g/mol. The van der Waals surface area contributed by atoms with Gasteiger partial charge in [0.25, 0.3) is 11.6 Å². The Hall–Kier alpha value is -2.64. The Bertz CT molecular complexity index is 475. The Labute approximate surface area is 102 Å². The topological polar surface area (TPSA) is 113 Å². The molecule has 0 saturated carbocycles. The summed E-state index contributed by atoms with van der Waals surface area (Å²) in [5.74, 6) is -0.756. The molecule has 0 fully saturated rings. The number of nitro groups is 1. The van der Waals surface area contributed by atoms with Gasteiger partial charge in [-0.2, -0.15) is 0 Å². The van der Waals surface area contributed by atoms with Crippen LogP contribution in [-0.4, -0.2) is 23.4 Å². The normalized spacial score (nSPS) is 9.39. The molecule has 18 heavy (non-hydrogen) atoms. The van der Waals surface area contributed by atoms with Crippen molar-refractivity contribution in [2.45, 2.75) is 6.92 Å². The molecule has 0 aromatic heterocycles. The van der Waals surface area contributed by atoms with Gasteiger partial charge in [0.1, 0.15) is 5.56 Å². The van der Waals surface area contributed by atoms with E-state index in [9.17, 15) is 19.7 Å². The van der Waals surface area contributed by atoms with Crippen LogP contribution in [0, 0.1) is 10.1 Å². The third-order valence-electron chi connectivity index (χ3n) is 1.97. The van der Waals surface area contributed by atoms with Crippen molar-refractivity contribution < 1.29 is 14.5 Å². The maximum atomic E-state index is 11.6. The van der Waals surface area contributed by atoms with Crippen LogP contribution >= 0.6 is 0 Å². The number of hydrogen-bond donors (Lipinski definition) is 3. The molecule has 1 aromatic rings. The van der Waals surface area contributed by atoms with Crippen molar-refractivity contribution in [2.75, 3.05) is 6.54 Å². The summed E-state index contributed by atoms with van der Waals surface area (Å²) in [5, 5.41) is 13.1. The van der Waals surface area contributed by atoms with Gasteiger partial charge in [0, 0.05) is 12.6 Å². The Morgan fingerprint density at radius 3 is 2.56 bits per heavy atom. The van der Waals surface area contributed by atoms with Crippen molar-refractivity contribution in [3.63, 3.8) is 0 Å². The second-order valence-electron chi connectivity index (χ2n) is 3.21. The summed E-state index contributed by atoms with van der Waals surface area (Å²) in [5.41, 5.74) is 3.70. The van der Waals surface area contributed by atoms with Crippen LogP contribution in [-0.2, 0) is 0 Å². The van der Waals surface area contributed by atoms with E-state index < -0.39 is 16.9 Å². The number of nitrogens with one attached hydrogen (secondary N) is 3. The molecule has 0 saturated heterocycles. The minimum absolute atomic E-state index is 0.126. The number of carbonyl (C=O) groups is 2. The van der Waals surface area contributed by atoms with Gasteiger partial charge in [-0.3, -0.25) is 20.3 Å². The molecule has 1 aromatic carbocycles. The van der Waals surface area contributed by atoms with E-state index in [2.05, 4.69) is 16.2 Å². The van der Waals surface area contributed by atoms with Crippen molar-refractivity contribution in [3.05, 3.63) is 39.9 Å². The molecule has 8 heteroatoms. The first-order valence-electron chi connectivity index (χ1n) is 5.14. The lowest BCUT2D eigenvalue weighted by molar-refractivity contribution is -0.385. The number of nitrogens with zero attached hydrogens (tertiary/aromatic N) is 1. The molecule has 0 unspecified atom stereocenters. The molecule has 96 valence electrons. The maximum Gasteiger partial charge on any atom is 0.333 e. The Balaban J connectivity index is 2.73. The van der Waals surface area contributed by atoms with Gasteiger partial charge in [-0.15, -0.1) is 0 Å². The van der Waals surface area contributed by atoms with Crippen molar-refractivity contribution in [3.8, 4) is 0 Å². The van der Waals surface area contributed by atoms with Crippen LogP contribution in [0.15, 0.2) is 24.3 Å². The first kappa shape index (κ1) is 13.4. The number of rotatable bonds is 3. The van der Waals surface area contributed by atoms with E-state index in [0.717, 1.165) is 0 Å². The lowest BCUT2D eigenvalue weighted by Gasteiger charge is -2.07.